The lowest BCUT2D eigenvalue weighted by Gasteiger charge is -2.34. The maximum atomic E-state index is 5.61. The van der Waals surface area contributed by atoms with E-state index in [4.69, 9.17) is 17.0 Å². The molecule has 1 aromatic carbocycles. The minimum Gasteiger partial charge on any atom is -0.494 e. The highest BCUT2D eigenvalue weighted by molar-refractivity contribution is 7.71. The molecule has 0 N–H and O–H groups in total. The third-order valence-corrected chi connectivity index (χ3v) is 5.13. The number of benzene rings is 1. The van der Waals surface area contributed by atoms with E-state index in [1.54, 1.807) is 28.9 Å². The smallest absolute Gasteiger partial charge is 0.225 e. The number of rotatable bonds is 5. The monoisotopic (exact) mass is 398 g/mol. The van der Waals surface area contributed by atoms with Gasteiger partial charge in [-0.15, -0.1) is 0 Å². The molecule has 146 valence electrons. The van der Waals surface area contributed by atoms with Gasteiger partial charge in [-0.05, 0) is 53.3 Å². The van der Waals surface area contributed by atoms with Gasteiger partial charge in [0, 0.05) is 38.6 Å². The number of tetrazole rings is 1. The van der Waals surface area contributed by atoms with Crippen molar-refractivity contribution in [3.8, 4) is 11.4 Å². The molecule has 0 radical (unpaired) electrons. The fourth-order valence-corrected chi connectivity index (χ4v) is 3.44. The van der Waals surface area contributed by atoms with Gasteiger partial charge in [0.05, 0.1) is 13.8 Å². The first-order valence-corrected chi connectivity index (χ1v) is 9.48. The molecule has 0 atom stereocenters. The second kappa shape index (κ2) is 8.03. The summed E-state index contributed by atoms with van der Waals surface area (Å²) in [6, 6.07) is 7.73. The minimum atomic E-state index is 0.540. The summed E-state index contributed by atoms with van der Waals surface area (Å²) in [5.74, 6) is 1.49. The molecule has 3 aromatic rings. The van der Waals surface area contributed by atoms with E-state index in [2.05, 4.69) is 30.2 Å². The number of ether oxygens (including phenoxy) is 1. The quantitative estimate of drug-likeness (QED) is 0.601. The van der Waals surface area contributed by atoms with E-state index in [-0.39, 0.29) is 0 Å². The number of nitrogens with zero attached hydrogens (tertiary/aromatic N) is 8. The van der Waals surface area contributed by atoms with Crippen molar-refractivity contribution in [2.75, 3.05) is 38.2 Å². The molecule has 10 heteroatoms. The number of anilines is 1. The maximum Gasteiger partial charge on any atom is 0.225 e. The topological polar surface area (TPSA) is 77.1 Å². The molecular weight excluding hydrogens is 376 g/mol. The molecular formula is C18H22N8OS. The number of hydrogen-bond acceptors (Lipinski definition) is 8. The second-order valence-electron chi connectivity index (χ2n) is 6.64. The van der Waals surface area contributed by atoms with E-state index in [1.807, 2.05) is 31.2 Å². The van der Waals surface area contributed by atoms with E-state index in [1.165, 1.54) is 0 Å². The lowest BCUT2D eigenvalue weighted by atomic mass is 10.2. The SMILES string of the molecule is COc1ccc(C)cc1-n1nnn(CN2CCN(c3ncccn3)CC2)c1=S. The van der Waals surface area contributed by atoms with Gasteiger partial charge < -0.3 is 9.64 Å². The molecule has 0 aliphatic carbocycles. The molecule has 0 unspecified atom stereocenters. The van der Waals surface area contributed by atoms with Gasteiger partial charge in [0.25, 0.3) is 0 Å². The largest absolute Gasteiger partial charge is 0.494 e. The van der Waals surface area contributed by atoms with E-state index < -0.39 is 0 Å². The van der Waals surface area contributed by atoms with Crippen LogP contribution >= 0.6 is 12.2 Å². The van der Waals surface area contributed by atoms with Crippen molar-refractivity contribution in [1.82, 2.24) is 34.7 Å². The van der Waals surface area contributed by atoms with Gasteiger partial charge in [-0.2, -0.15) is 4.68 Å². The van der Waals surface area contributed by atoms with Gasteiger partial charge in [0.1, 0.15) is 11.4 Å². The standard InChI is InChI=1S/C18H22N8OS/c1-14-4-5-16(27-2)15(12-14)26-18(28)25(21-22-26)13-23-8-10-24(11-9-23)17-19-6-3-7-20-17/h3-7,12H,8-11,13H2,1-2H3. The first-order valence-electron chi connectivity index (χ1n) is 9.08. The molecule has 0 spiro atoms. The highest BCUT2D eigenvalue weighted by Crippen LogP contribution is 2.23. The summed E-state index contributed by atoms with van der Waals surface area (Å²) in [4.78, 5) is 13.1. The van der Waals surface area contributed by atoms with Crippen LogP contribution in [-0.4, -0.2) is 67.9 Å². The molecule has 9 nitrogen and oxygen atoms in total. The Kier molecular flexibility index (Phi) is 5.31. The van der Waals surface area contributed by atoms with Crippen LogP contribution in [-0.2, 0) is 6.67 Å². The maximum absolute atomic E-state index is 5.61. The fraction of sp³-hybridized carbons (Fsp3) is 0.389. The number of piperazine rings is 1. The molecule has 1 fully saturated rings. The van der Waals surface area contributed by atoms with Crippen LogP contribution in [0, 0.1) is 11.7 Å². The van der Waals surface area contributed by atoms with Crippen molar-refractivity contribution < 1.29 is 4.74 Å². The summed E-state index contributed by atoms with van der Waals surface area (Å²) in [6.07, 6.45) is 3.54. The molecule has 28 heavy (non-hydrogen) atoms. The third kappa shape index (κ3) is 3.73. The van der Waals surface area contributed by atoms with E-state index in [0.717, 1.165) is 43.4 Å². The Morgan fingerprint density at radius 3 is 2.54 bits per heavy atom. The van der Waals surface area contributed by atoms with E-state index in [9.17, 15) is 0 Å². The summed E-state index contributed by atoms with van der Waals surface area (Å²) in [5, 5.41) is 8.51. The molecule has 1 saturated heterocycles. The summed E-state index contributed by atoms with van der Waals surface area (Å²) < 4.78 is 9.38. The lowest BCUT2D eigenvalue weighted by molar-refractivity contribution is 0.192. The average Bonchev–Trinajstić information content (AvgIpc) is 3.09. The minimum absolute atomic E-state index is 0.540. The van der Waals surface area contributed by atoms with Crippen LogP contribution in [0.25, 0.3) is 5.69 Å². The number of aryl methyl sites for hydroxylation is 1. The zero-order chi connectivity index (χ0) is 19.5. The Balaban J connectivity index is 1.46. The molecule has 0 amide bonds. The van der Waals surface area contributed by atoms with Crippen LogP contribution < -0.4 is 9.64 Å². The zero-order valence-electron chi connectivity index (χ0n) is 15.9. The molecule has 1 aliphatic rings. The van der Waals surface area contributed by atoms with Gasteiger partial charge in [-0.3, -0.25) is 4.90 Å². The second-order valence-corrected chi connectivity index (χ2v) is 7.01. The van der Waals surface area contributed by atoms with Crippen LogP contribution in [0.5, 0.6) is 5.75 Å². The average molecular weight is 398 g/mol. The Hall–Kier alpha value is -2.85. The number of hydrogen-bond donors (Lipinski definition) is 0. The van der Waals surface area contributed by atoms with Crippen molar-refractivity contribution in [3.63, 3.8) is 0 Å². The van der Waals surface area contributed by atoms with Crippen molar-refractivity contribution in [3.05, 3.63) is 47.0 Å². The zero-order valence-corrected chi connectivity index (χ0v) is 16.7. The van der Waals surface area contributed by atoms with Crippen molar-refractivity contribution in [2.45, 2.75) is 13.6 Å². The third-order valence-electron chi connectivity index (χ3n) is 4.74. The van der Waals surface area contributed by atoms with Gasteiger partial charge in [-0.25, -0.2) is 14.6 Å². The van der Waals surface area contributed by atoms with E-state index in [0.29, 0.717) is 17.2 Å². The van der Waals surface area contributed by atoms with Gasteiger partial charge in [0.2, 0.25) is 10.7 Å². The van der Waals surface area contributed by atoms with Crippen molar-refractivity contribution >= 4 is 18.2 Å². The summed E-state index contributed by atoms with van der Waals surface area (Å²) >= 11 is 5.61. The lowest BCUT2D eigenvalue weighted by Crippen LogP contribution is -2.47. The fourth-order valence-electron chi connectivity index (χ4n) is 3.21. The Labute approximate surface area is 168 Å². The molecule has 1 aliphatic heterocycles. The van der Waals surface area contributed by atoms with Crippen LogP contribution in [0.1, 0.15) is 5.56 Å². The van der Waals surface area contributed by atoms with Crippen LogP contribution in [0.2, 0.25) is 0 Å². The first kappa shape index (κ1) is 18.5. The Morgan fingerprint density at radius 2 is 1.82 bits per heavy atom. The first-order chi connectivity index (χ1) is 13.7. The molecule has 4 rings (SSSR count). The predicted molar refractivity (Wildman–Crippen MR) is 107 cm³/mol. The highest BCUT2D eigenvalue weighted by Gasteiger charge is 2.20. The summed E-state index contributed by atoms with van der Waals surface area (Å²) in [7, 11) is 1.64. The van der Waals surface area contributed by atoms with Crippen LogP contribution in [0.4, 0.5) is 5.95 Å². The molecule has 0 saturated carbocycles. The van der Waals surface area contributed by atoms with Crippen molar-refractivity contribution in [1.29, 1.82) is 0 Å². The highest BCUT2D eigenvalue weighted by atomic mass is 32.1. The van der Waals surface area contributed by atoms with Gasteiger partial charge in [-0.1, -0.05) is 6.07 Å². The predicted octanol–water partition coefficient (Wildman–Crippen LogP) is 1.69. The van der Waals surface area contributed by atoms with Gasteiger partial charge in [0.15, 0.2) is 0 Å². The van der Waals surface area contributed by atoms with Gasteiger partial charge >= 0.3 is 0 Å². The summed E-state index contributed by atoms with van der Waals surface area (Å²) in [5.41, 5.74) is 1.90. The molecule has 0 bridgehead atoms. The number of methoxy groups -OCH3 is 1. The van der Waals surface area contributed by atoms with Crippen LogP contribution in [0.15, 0.2) is 36.7 Å². The Morgan fingerprint density at radius 1 is 1.07 bits per heavy atom. The Bertz CT molecular complexity index is 994. The molecule has 3 heterocycles. The van der Waals surface area contributed by atoms with Crippen LogP contribution in [0.3, 0.4) is 0 Å². The molecule has 2 aromatic heterocycles. The summed E-state index contributed by atoms with van der Waals surface area (Å²) in [6.45, 7) is 6.08. The van der Waals surface area contributed by atoms with E-state index >= 15 is 0 Å². The normalized spacial score (nSPS) is 15.0. The van der Waals surface area contributed by atoms with Crippen molar-refractivity contribution in [2.24, 2.45) is 0 Å². The number of aromatic nitrogens is 6.